The third-order valence-electron chi connectivity index (χ3n) is 1.32. The molecule has 0 spiro atoms. The molecule has 0 N–H and O–H groups in total. The molecule has 0 amide bonds. The van der Waals surface area contributed by atoms with Crippen molar-refractivity contribution in [3.63, 3.8) is 0 Å². The van der Waals surface area contributed by atoms with Crippen LogP contribution >= 0.6 is 38.4 Å². The van der Waals surface area contributed by atoms with Gasteiger partial charge in [0.1, 0.15) is 0 Å². The van der Waals surface area contributed by atoms with E-state index in [1.165, 1.54) is 0 Å². The third kappa shape index (κ3) is 4.42. The van der Waals surface area contributed by atoms with Crippen LogP contribution in [0.15, 0.2) is 24.3 Å². The normalized spacial score (nSPS) is 11.7. The first kappa shape index (κ1) is 11.3. The molecule has 0 aliphatic carbocycles. The van der Waals surface area contributed by atoms with Gasteiger partial charge in [-0.1, -0.05) is 0 Å². The summed E-state index contributed by atoms with van der Waals surface area (Å²) in [4.78, 5) is 0. The van der Waals surface area contributed by atoms with Crippen LogP contribution in [0.2, 0.25) is 5.02 Å². The van der Waals surface area contributed by atoms with E-state index in [1.807, 2.05) is 12.1 Å². The van der Waals surface area contributed by atoms with E-state index in [2.05, 4.69) is 0 Å². The second-order valence-corrected chi connectivity index (χ2v) is 24.3. The minimum atomic E-state index is -3.21. The Morgan fingerprint density at radius 3 is 1.92 bits per heavy atom. The van der Waals surface area contributed by atoms with Crippen LogP contribution in [0.4, 0.5) is 0 Å². The Morgan fingerprint density at radius 1 is 1.00 bits per heavy atom. The van der Waals surface area contributed by atoms with Crippen LogP contribution in [0.1, 0.15) is 5.56 Å². The molecule has 0 bridgehead atoms. The van der Waals surface area contributed by atoms with Crippen molar-refractivity contribution in [3.05, 3.63) is 34.9 Å². The maximum atomic E-state index is 5.82. The van der Waals surface area contributed by atoms with Gasteiger partial charge in [0.2, 0.25) is 0 Å². The van der Waals surface area contributed by atoms with Crippen molar-refractivity contribution in [1.29, 1.82) is 0 Å². The molecular weight excluding hydrogens is 345 g/mol. The zero-order chi connectivity index (χ0) is 9.19. The van der Waals surface area contributed by atoms with Crippen molar-refractivity contribution in [2.24, 2.45) is 0 Å². The van der Waals surface area contributed by atoms with Gasteiger partial charge in [-0.25, -0.2) is 0 Å². The van der Waals surface area contributed by atoms with Crippen molar-refractivity contribution >= 4 is 53.4 Å². The van der Waals surface area contributed by atoms with Gasteiger partial charge in [-0.2, -0.15) is 0 Å². The molecule has 12 heavy (non-hydrogen) atoms. The van der Waals surface area contributed by atoms with E-state index < -0.39 is 15.0 Å². The van der Waals surface area contributed by atoms with Gasteiger partial charge in [0, 0.05) is 0 Å². The molecule has 1 aromatic rings. The molecule has 0 nitrogen and oxygen atoms in total. The molecule has 0 fully saturated rings. The first-order chi connectivity index (χ1) is 5.47. The zero-order valence-electron chi connectivity index (χ0n) is 6.03. The van der Waals surface area contributed by atoms with Gasteiger partial charge in [-0.3, -0.25) is 0 Å². The van der Waals surface area contributed by atoms with E-state index in [-0.39, 0.29) is 0 Å². The molecule has 0 saturated heterocycles. The van der Waals surface area contributed by atoms with Gasteiger partial charge >= 0.3 is 92.6 Å². The summed E-state index contributed by atoms with van der Waals surface area (Å²) < 4.78 is 0.608. The van der Waals surface area contributed by atoms with Gasteiger partial charge in [0.25, 0.3) is 0 Å². The monoisotopic (exact) mass is 350 g/mol. The van der Waals surface area contributed by atoms with Gasteiger partial charge in [-0.15, -0.1) is 0 Å². The molecule has 1 aromatic carbocycles. The van der Waals surface area contributed by atoms with Crippen LogP contribution in [0.5, 0.6) is 0 Å². The molecule has 0 radical (unpaired) electrons. The first-order valence-electron chi connectivity index (χ1n) is 3.28. The van der Waals surface area contributed by atoms with Crippen LogP contribution in [-0.4, -0.2) is 15.0 Å². The Morgan fingerprint density at radius 2 is 1.50 bits per heavy atom. The van der Waals surface area contributed by atoms with E-state index in [1.54, 1.807) is 12.1 Å². The molecule has 0 heterocycles. The van der Waals surface area contributed by atoms with Gasteiger partial charge in [0.05, 0.1) is 0 Å². The van der Waals surface area contributed by atoms with Crippen LogP contribution < -0.4 is 0 Å². The van der Waals surface area contributed by atoms with Crippen molar-refractivity contribution in [2.75, 3.05) is 0 Å². The van der Waals surface area contributed by atoms with Crippen LogP contribution in [-0.2, 0) is 4.44 Å². The summed E-state index contributed by atoms with van der Waals surface area (Å²) in [6.45, 7) is 0. The Kier molecular flexibility index (Phi) is 4.32. The molecule has 0 aliphatic rings. The van der Waals surface area contributed by atoms with Gasteiger partial charge in [-0.05, 0) is 0 Å². The summed E-state index contributed by atoms with van der Waals surface area (Å²) in [7, 11) is 17.4. The van der Waals surface area contributed by atoms with Crippen molar-refractivity contribution in [1.82, 2.24) is 0 Å². The topological polar surface area (TPSA) is 0 Å². The minimum absolute atomic E-state index is 0.608. The number of benzene rings is 1. The summed E-state index contributed by atoms with van der Waals surface area (Å²) in [6, 6.07) is 7.39. The van der Waals surface area contributed by atoms with E-state index >= 15 is 0 Å². The SMILES string of the molecule is Clc1ccc([CH2][Sn]([Cl])([Cl])[Cl])cc1. The number of hydrogen-bond donors (Lipinski definition) is 0. The standard InChI is InChI=1S/C7H6Cl.3ClH.Sn/c1-6-2-4-7(8)5-3-6;;;;/h2-5H,1H2;3*1H;/q;;;;+3/p-3. The van der Waals surface area contributed by atoms with Crippen LogP contribution in [0.25, 0.3) is 0 Å². The Bertz CT molecular complexity index is 251. The van der Waals surface area contributed by atoms with E-state index in [4.69, 9.17) is 38.4 Å². The fraction of sp³-hybridized carbons (Fsp3) is 0.143. The Hall–Kier alpha value is 1.18. The predicted molar refractivity (Wildman–Crippen MR) is 58.5 cm³/mol. The Balaban J connectivity index is 2.71. The molecule has 1 rings (SSSR count). The molecule has 0 aliphatic heterocycles. The fourth-order valence-electron chi connectivity index (χ4n) is 0.834. The first-order valence-corrected chi connectivity index (χ1v) is 16.5. The summed E-state index contributed by atoms with van der Waals surface area (Å²) in [6.07, 6.45) is 0. The summed E-state index contributed by atoms with van der Waals surface area (Å²) in [5.74, 6) is 0. The van der Waals surface area contributed by atoms with Crippen molar-refractivity contribution in [2.45, 2.75) is 4.44 Å². The fourth-order valence-corrected chi connectivity index (χ4v) is 6.06. The predicted octanol–water partition coefficient (Wildman–Crippen LogP) is 4.08. The number of hydrogen-bond acceptors (Lipinski definition) is 0. The van der Waals surface area contributed by atoms with Crippen LogP contribution in [0, 0.1) is 0 Å². The van der Waals surface area contributed by atoms with E-state index in [0.29, 0.717) is 9.46 Å². The molecule has 5 heteroatoms. The van der Waals surface area contributed by atoms with E-state index in [0.717, 1.165) is 5.56 Å². The molecule has 66 valence electrons. The molecule has 0 atom stereocenters. The summed E-state index contributed by atoms with van der Waals surface area (Å²) in [5.41, 5.74) is 1.05. The van der Waals surface area contributed by atoms with Crippen molar-refractivity contribution < 1.29 is 0 Å². The van der Waals surface area contributed by atoms with E-state index in [9.17, 15) is 0 Å². The zero-order valence-corrected chi connectivity index (χ0v) is 11.9. The molecule has 0 aromatic heterocycles. The average molecular weight is 351 g/mol. The van der Waals surface area contributed by atoms with Gasteiger partial charge < -0.3 is 0 Å². The maximum absolute atomic E-state index is 5.82. The Labute approximate surface area is 91.8 Å². The van der Waals surface area contributed by atoms with Crippen LogP contribution in [0.3, 0.4) is 0 Å². The number of halogens is 4. The van der Waals surface area contributed by atoms with Gasteiger partial charge in [0.15, 0.2) is 0 Å². The average Bonchev–Trinajstić information content (AvgIpc) is 1.91. The molecule has 0 unspecified atom stereocenters. The second-order valence-electron chi connectivity index (χ2n) is 2.42. The molecular formula is C7H6Cl4Sn. The molecule has 0 saturated carbocycles. The quantitative estimate of drug-likeness (QED) is 0.705. The summed E-state index contributed by atoms with van der Waals surface area (Å²) in [5, 5.41) is 0.707. The number of rotatable bonds is 2. The third-order valence-corrected chi connectivity index (χ3v) is 6.57. The van der Waals surface area contributed by atoms with Crippen molar-refractivity contribution in [3.8, 4) is 0 Å². The second kappa shape index (κ2) is 4.61. The summed E-state index contributed by atoms with van der Waals surface area (Å²) >= 11 is 2.49.